The van der Waals surface area contributed by atoms with Crippen molar-refractivity contribution in [2.75, 3.05) is 37.9 Å². The number of hydrogen-bond donors (Lipinski definition) is 0. The maximum atomic E-state index is 12.8. The summed E-state index contributed by atoms with van der Waals surface area (Å²) in [5, 5.41) is 0. The summed E-state index contributed by atoms with van der Waals surface area (Å²) in [6.45, 7) is 0.885. The van der Waals surface area contributed by atoms with Crippen molar-refractivity contribution >= 4 is 21.6 Å². The van der Waals surface area contributed by atoms with Gasteiger partial charge < -0.3 is 14.4 Å². The average molecular weight is 419 g/mol. The van der Waals surface area contributed by atoms with Crippen molar-refractivity contribution in [3.05, 3.63) is 53.6 Å². The quantitative estimate of drug-likeness (QED) is 0.721. The summed E-state index contributed by atoms with van der Waals surface area (Å²) in [6, 6.07) is 12.3. The van der Waals surface area contributed by atoms with Gasteiger partial charge in [0.25, 0.3) is 5.91 Å². The van der Waals surface area contributed by atoms with Gasteiger partial charge in [-0.05, 0) is 54.8 Å². The average Bonchev–Trinajstić information content (AvgIpc) is 2.73. The molecule has 7 nitrogen and oxygen atoms in total. The normalized spacial score (nSPS) is 15.6. The Hall–Kier alpha value is -2.74. The van der Waals surface area contributed by atoms with E-state index in [2.05, 4.69) is 0 Å². The molecule has 0 unspecified atom stereocenters. The maximum absolute atomic E-state index is 12.8. The van der Waals surface area contributed by atoms with Gasteiger partial charge in [-0.25, -0.2) is 8.42 Å². The SMILES string of the molecule is COc1ccc(CN(C)C(=O)c2ccc(N3CCCCS3(=O)=O)cc2)cc1OC. The van der Waals surface area contributed by atoms with Crippen LogP contribution in [0.1, 0.15) is 28.8 Å². The molecule has 0 atom stereocenters. The molecular formula is C21H26N2O5S. The van der Waals surface area contributed by atoms with Crippen molar-refractivity contribution in [1.82, 2.24) is 4.90 Å². The van der Waals surface area contributed by atoms with E-state index in [1.165, 1.54) is 4.31 Å². The maximum Gasteiger partial charge on any atom is 0.253 e. The zero-order valence-electron chi connectivity index (χ0n) is 16.9. The molecule has 1 fully saturated rings. The van der Waals surface area contributed by atoms with Crippen LogP contribution < -0.4 is 13.8 Å². The Labute approximate surface area is 171 Å². The number of benzene rings is 2. The summed E-state index contributed by atoms with van der Waals surface area (Å²) < 4.78 is 36.5. The lowest BCUT2D eigenvalue weighted by Crippen LogP contribution is -2.37. The molecule has 29 heavy (non-hydrogen) atoms. The molecule has 0 radical (unpaired) electrons. The summed E-state index contributed by atoms with van der Waals surface area (Å²) >= 11 is 0. The highest BCUT2D eigenvalue weighted by atomic mass is 32.2. The van der Waals surface area contributed by atoms with Gasteiger partial charge in [0, 0.05) is 25.7 Å². The summed E-state index contributed by atoms with van der Waals surface area (Å²) in [6.07, 6.45) is 1.53. The molecule has 1 aliphatic heterocycles. The monoisotopic (exact) mass is 418 g/mol. The minimum absolute atomic E-state index is 0.146. The first kappa shape index (κ1) is 21.0. The van der Waals surface area contributed by atoms with Gasteiger partial charge >= 0.3 is 0 Å². The van der Waals surface area contributed by atoms with Crippen LogP contribution in [-0.4, -0.2) is 52.8 Å². The topological polar surface area (TPSA) is 76.2 Å². The standard InChI is InChI=1S/C21H26N2O5S/c1-22(15-16-6-11-19(27-2)20(14-16)28-3)21(24)17-7-9-18(10-8-17)23-12-4-5-13-29(23,25)26/h6-11,14H,4-5,12-13,15H2,1-3H3. The van der Waals surface area contributed by atoms with E-state index in [9.17, 15) is 13.2 Å². The van der Waals surface area contributed by atoms with Gasteiger partial charge in [-0.15, -0.1) is 0 Å². The van der Waals surface area contributed by atoms with Crippen LogP contribution in [0.4, 0.5) is 5.69 Å². The van der Waals surface area contributed by atoms with Crippen molar-refractivity contribution in [2.45, 2.75) is 19.4 Å². The van der Waals surface area contributed by atoms with Crippen LogP contribution in [0.3, 0.4) is 0 Å². The van der Waals surface area contributed by atoms with Crippen molar-refractivity contribution in [2.24, 2.45) is 0 Å². The van der Waals surface area contributed by atoms with Gasteiger partial charge in [-0.2, -0.15) is 0 Å². The molecule has 0 saturated carbocycles. The number of ether oxygens (including phenoxy) is 2. The van der Waals surface area contributed by atoms with Crippen molar-refractivity contribution in [1.29, 1.82) is 0 Å². The second-order valence-electron chi connectivity index (χ2n) is 6.99. The number of hydrogen-bond acceptors (Lipinski definition) is 5. The van der Waals surface area contributed by atoms with Crippen LogP contribution in [0, 0.1) is 0 Å². The van der Waals surface area contributed by atoms with Gasteiger partial charge in [0.15, 0.2) is 11.5 Å². The highest BCUT2D eigenvalue weighted by Crippen LogP contribution is 2.28. The van der Waals surface area contributed by atoms with Crippen LogP contribution in [0.2, 0.25) is 0 Å². The fraction of sp³-hybridized carbons (Fsp3) is 0.381. The molecule has 0 N–H and O–H groups in total. The third-order valence-corrected chi connectivity index (χ3v) is 6.84. The second-order valence-corrected chi connectivity index (χ2v) is 9.01. The Morgan fingerprint density at radius 2 is 1.72 bits per heavy atom. The van der Waals surface area contributed by atoms with Gasteiger partial charge in [-0.1, -0.05) is 6.07 Å². The third-order valence-electron chi connectivity index (χ3n) is 4.97. The van der Waals surface area contributed by atoms with Gasteiger partial charge in [0.2, 0.25) is 10.0 Å². The number of methoxy groups -OCH3 is 2. The van der Waals surface area contributed by atoms with E-state index in [0.717, 1.165) is 12.0 Å². The molecule has 0 spiro atoms. The first-order valence-corrected chi connectivity index (χ1v) is 11.0. The Bertz CT molecular complexity index is 973. The predicted molar refractivity (Wildman–Crippen MR) is 112 cm³/mol. The molecule has 156 valence electrons. The lowest BCUT2D eigenvalue weighted by Gasteiger charge is -2.28. The molecule has 0 aromatic heterocycles. The van der Waals surface area contributed by atoms with E-state index in [1.54, 1.807) is 56.5 Å². The molecule has 2 aromatic carbocycles. The Balaban J connectivity index is 1.71. The highest BCUT2D eigenvalue weighted by Gasteiger charge is 2.26. The van der Waals surface area contributed by atoms with Gasteiger partial charge in [0.05, 0.1) is 25.7 Å². The van der Waals surface area contributed by atoms with Crippen LogP contribution in [-0.2, 0) is 16.6 Å². The molecule has 1 heterocycles. The predicted octanol–water partition coefficient (Wildman–Crippen LogP) is 2.91. The van der Waals surface area contributed by atoms with E-state index in [0.29, 0.717) is 42.3 Å². The van der Waals surface area contributed by atoms with Crippen molar-refractivity contribution < 1.29 is 22.7 Å². The number of amides is 1. The molecular weight excluding hydrogens is 392 g/mol. The number of rotatable bonds is 6. The molecule has 1 amide bonds. The fourth-order valence-electron chi connectivity index (χ4n) is 3.39. The highest BCUT2D eigenvalue weighted by molar-refractivity contribution is 7.92. The Morgan fingerprint density at radius 3 is 2.34 bits per heavy atom. The number of carbonyl (C=O) groups excluding carboxylic acids is 1. The summed E-state index contributed by atoms with van der Waals surface area (Å²) in [5.74, 6) is 1.26. The van der Waals surface area contributed by atoms with E-state index in [1.807, 2.05) is 12.1 Å². The van der Waals surface area contributed by atoms with Gasteiger partial charge in [-0.3, -0.25) is 9.10 Å². The number of sulfonamides is 1. The summed E-state index contributed by atoms with van der Waals surface area (Å²) in [4.78, 5) is 14.4. The Morgan fingerprint density at radius 1 is 1.03 bits per heavy atom. The second kappa shape index (κ2) is 8.73. The minimum Gasteiger partial charge on any atom is -0.493 e. The molecule has 1 aliphatic rings. The lowest BCUT2D eigenvalue weighted by molar-refractivity contribution is 0.0785. The zero-order valence-corrected chi connectivity index (χ0v) is 17.7. The molecule has 1 saturated heterocycles. The zero-order chi connectivity index (χ0) is 21.0. The third kappa shape index (κ3) is 4.64. The Kier molecular flexibility index (Phi) is 6.32. The summed E-state index contributed by atoms with van der Waals surface area (Å²) in [5.41, 5.74) is 2.02. The fourth-order valence-corrected chi connectivity index (χ4v) is 5.03. The van der Waals surface area contributed by atoms with E-state index in [-0.39, 0.29) is 11.7 Å². The lowest BCUT2D eigenvalue weighted by atomic mass is 10.1. The number of carbonyl (C=O) groups is 1. The van der Waals surface area contributed by atoms with Crippen LogP contribution >= 0.6 is 0 Å². The minimum atomic E-state index is -3.26. The first-order valence-electron chi connectivity index (χ1n) is 9.42. The molecule has 8 heteroatoms. The van der Waals surface area contributed by atoms with E-state index >= 15 is 0 Å². The van der Waals surface area contributed by atoms with Crippen LogP contribution in [0.25, 0.3) is 0 Å². The summed E-state index contributed by atoms with van der Waals surface area (Å²) in [7, 11) is 1.61. The largest absolute Gasteiger partial charge is 0.493 e. The molecule has 3 rings (SSSR count). The molecule has 0 aliphatic carbocycles. The smallest absolute Gasteiger partial charge is 0.253 e. The molecule has 2 aromatic rings. The number of anilines is 1. The molecule has 0 bridgehead atoms. The van der Waals surface area contributed by atoms with Crippen LogP contribution in [0.15, 0.2) is 42.5 Å². The number of nitrogens with zero attached hydrogens (tertiary/aromatic N) is 2. The van der Waals surface area contributed by atoms with Crippen LogP contribution in [0.5, 0.6) is 11.5 Å². The van der Waals surface area contributed by atoms with E-state index < -0.39 is 10.0 Å². The van der Waals surface area contributed by atoms with E-state index in [4.69, 9.17) is 9.47 Å². The van der Waals surface area contributed by atoms with Crippen molar-refractivity contribution in [3.63, 3.8) is 0 Å². The first-order chi connectivity index (χ1) is 13.9. The van der Waals surface area contributed by atoms with Crippen molar-refractivity contribution in [3.8, 4) is 11.5 Å². The van der Waals surface area contributed by atoms with Gasteiger partial charge in [0.1, 0.15) is 0 Å².